The van der Waals surface area contributed by atoms with E-state index in [4.69, 9.17) is 0 Å². The Morgan fingerprint density at radius 2 is 1.32 bits per heavy atom. The molecule has 0 spiro atoms. The molecule has 2 nitrogen and oxygen atoms in total. The van der Waals surface area contributed by atoms with Crippen LogP contribution in [-0.2, 0) is 18.8 Å². The number of fused-ring (bicyclic) bond motifs is 1. The molecule has 0 unspecified atom stereocenters. The molecule has 0 bridgehead atoms. The molecule has 0 aliphatic heterocycles. The fourth-order valence-corrected chi connectivity index (χ4v) is 4.37. The van der Waals surface area contributed by atoms with E-state index in [2.05, 4.69) is 37.6 Å². The topological polar surface area (TPSA) is 19.0 Å². The van der Waals surface area contributed by atoms with E-state index in [0.717, 1.165) is 36.2 Å². The van der Waals surface area contributed by atoms with E-state index in [0.29, 0.717) is 36.0 Å². The van der Waals surface area contributed by atoms with E-state index in [1.54, 1.807) is 12.1 Å². The number of hydrogen-bond donors (Lipinski definition) is 1. The van der Waals surface area contributed by atoms with Crippen molar-refractivity contribution in [3.05, 3.63) is 59.2 Å². The molecule has 186 valence electrons. The maximum absolute atomic E-state index is 13.5. The van der Waals surface area contributed by atoms with Crippen LogP contribution in [0.1, 0.15) is 44.4 Å². The zero-order valence-electron chi connectivity index (χ0n) is 19.7. The summed E-state index contributed by atoms with van der Waals surface area (Å²) in [7, 11) is 0. The maximum atomic E-state index is 13.5. The van der Waals surface area contributed by atoms with Gasteiger partial charge < -0.3 is 9.88 Å². The van der Waals surface area contributed by atoms with Crippen LogP contribution in [-0.4, -0.2) is 29.5 Å². The second kappa shape index (κ2) is 10.0. The summed E-state index contributed by atoms with van der Waals surface area (Å²) >= 11 is 0. The van der Waals surface area contributed by atoms with Crippen molar-refractivity contribution >= 4 is 10.9 Å². The Labute approximate surface area is 196 Å². The average molecular weight is 485 g/mol. The molecule has 0 saturated heterocycles. The van der Waals surface area contributed by atoms with Gasteiger partial charge in [-0.15, -0.1) is 0 Å². The number of aromatic amines is 1. The van der Waals surface area contributed by atoms with Gasteiger partial charge in [-0.3, -0.25) is 0 Å². The number of aromatic nitrogens is 1. The van der Waals surface area contributed by atoms with Gasteiger partial charge in [-0.1, -0.05) is 45.9 Å². The van der Waals surface area contributed by atoms with Crippen molar-refractivity contribution in [2.24, 2.45) is 11.8 Å². The summed E-state index contributed by atoms with van der Waals surface area (Å²) in [6.45, 7) is 10.8. The second-order valence-electron chi connectivity index (χ2n) is 9.62. The van der Waals surface area contributed by atoms with Crippen molar-refractivity contribution in [2.45, 2.75) is 46.5 Å². The molecule has 0 amide bonds. The van der Waals surface area contributed by atoms with Crippen LogP contribution in [0, 0.1) is 11.8 Å². The van der Waals surface area contributed by atoms with Crippen molar-refractivity contribution in [2.75, 3.05) is 19.6 Å². The largest absolute Gasteiger partial charge is 0.416 e. The minimum atomic E-state index is -4.90. The van der Waals surface area contributed by atoms with Gasteiger partial charge in [0.15, 0.2) is 0 Å². The molecule has 3 rings (SSSR count). The summed E-state index contributed by atoms with van der Waals surface area (Å²) in [6, 6.07) is 8.98. The summed E-state index contributed by atoms with van der Waals surface area (Å²) in [5, 5.41) is 0.803. The molecule has 1 heterocycles. The first kappa shape index (κ1) is 26.1. The number of alkyl halides is 6. The van der Waals surface area contributed by atoms with E-state index in [-0.39, 0.29) is 11.6 Å². The van der Waals surface area contributed by atoms with Crippen molar-refractivity contribution in [1.82, 2.24) is 9.88 Å². The summed E-state index contributed by atoms with van der Waals surface area (Å²) < 4.78 is 80.8. The molecule has 0 aliphatic rings. The zero-order valence-corrected chi connectivity index (χ0v) is 19.7. The summed E-state index contributed by atoms with van der Waals surface area (Å²) in [6.07, 6.45) is -9.29. The monoisotopic (exact) mass is 484 g/mol. The van der Waals surface area contributed by atoms with Gasteiger partial charge in [0.2, 0.25) is 0 Å². The molecule has 8 heteroatoms. The highest BCUT2D eigenvalue weighted by atomic mass is 19.4. The first-order valence-corrected chi connectivity index (χ1v) is 11.4. The van der Waals surface area contributed by atoms with E-state index >= 15 is 0 Å². The predicted octanol–water partition coefficient (Wildman–Crippen LogP) is 8.03. The summed E-state index contributed by atoms with van der Waals surface area (Å²) in [5.41, 5.74) is -1.05. The third-order valence-corrected chi connectivity index (χ3v) is 5.61. The van der Waals surface area contributed by atoms with E-state index < -0.39 is 23.5 Å². The molecule has 0 radical (unpaired) electrons. The first-order valence-electron chi connectivity index (χ1n) is 11.4. The Morgan fingerprint density at radius 3 is 1.82 bits per heavy atom. The van der Waals surface area contributed by atoms with Crippen LogP contribution in [0.5, 0.6) is 0 Å². The molecule has 34 heavy (non-hydrogen) atoms. The van der Waals surface area contributed by atoms with Crippen molar-refractivity contribution in [3.8, 4) is 11.3 Å². The van der Waals surface area contributed by atoms with Crippen molar-refractivity contribution in [3.63, 3.8) is 0 Å². The van der Waals surface area contributed by atoms with Crippen LogP contribution < -0.4 is 0 Å². The third-order valence-electron chi connectivity index (χ3n) is 5.61. The molecule has 3 aromatic rings. The number of H-pyrrole nitrogens is 1. The number of nitrogens with zero attached hydrogens (tertiary/aromatic N) is 1. The molecule has 1 aromatic heterocycles. The fraction of sp³-hybridized carbons (Fsp3) is 0.462. The highest BCUT2D eigenvalue weighted by Crippen LogP contribution is 2.40. The Morgan fingerprint density at radius 1 is 0.794 bits per heavy atom. The summed E-state index contributed by atoms with van der Waals surface area (Å²) in [5.74, 6) is 0.859. The zero-order chi connectivity index (χ0) is 25.3. The number of benzene rings is 2. The van der Waals surface area contributed by atoms with Gasteiger partial charge in [0.05, 0.1) is 11.1 Å². The van der Waals surface area contributed by atoms with Crippen LogP contribution >= 0.6 is 0 Å². The SMILES string of the molecule is CC(C)CN(CCc1c(-c2cc(C(F)(F)F)cc(C(F)(F)F)c2)[nH]c2ccccc12)CC(C)C. The number of hydrogen-bond acceptors (Lipinski definition) is 1. The summed E-state index contributed by atoms with van der Waals surface area (Å²) in [4.78, 5) is 5.39. The van der Waals surface area contributed by atoms with Crippen LogP contribution in [0.4, 0.5) is 26.3 Å². The Balaban J connectivity index is 2.11. The molecular weight excluding hydrogens is 454 g/mol. The fourth-order valence-electron chi connectivity index (χ4n) is 4.37. The van der Waals surface area contributed by atoms with Gasteiger partial charge in [0.1, 0.15) is 0 Å². The quantitative estimate of drug-likeness (QED) is 0.321. The second-order valence-corrected chi connectivity index (χ2v) is 9.62. The van der Waals surface area contributed by atoms with Gasteiger partial charge >= 0.3 is 12.4 Å². The van der Waals surface area contributed by atoms with E-state index in [9.17, 15) is 26.3 Å². The molecule has 0 fully saturated rings. The predicted molar refractivity (Wildman–Crippen MR) is 124 cm³/mol. The molecule has 2 aromatic carbocycles. The van der Waals surface area contributed by atoms with Gasteiger partial charge in [0.25, 0.3) is 0 Å². The molecule has 0 saturated carbocycles. The minimum Gasteiger partial charge on any atom is -0.354 e. The van der Waals surface area contributed by atoms with Crippen LogP contribution in [0.3, 0.4) is 0 Å². The third kappa shape index (κ3) is 6.34. The number of rotatable bonds is 8. The normalized spacial score (nSPS) is 13.1. The molecule has 1 N–H and O–H groups in total. The highest BCUT2D eigenvalue weighted by Gasteiger charge is 2.37. The first-order chi connectivity index (χ1) is 15.8. The van der Waals surface area contributed by atoms with E-state index in [1.165, 1.54) is 0 Å². The van der Waals surface area contributed by atoms with Crippen molar-refractivity contribution in [1.29, 1.82) is 0 Å². The van der Waals surface area contributed by atoms with Crippen LogP contribution in [0.15, 0.2) is 42.5 Å². The average Bonchev–Trinajstić information content (AvgIpc) is 3.08. The Hall–Kier alpha value is -2.48. The lowest BCUT2D eigenvalue weighted by atomic mass is 9.98. The number of halogens is 6. The Kier molecular flexibility index (Phi) is 7.70. The highest BCUT2D eigenvalue weighted by molar-refractivity contribution is 5.91. The van der Waals surface area contributed by atoms with Gasteiger partial charge in [-0.2, -0.15) is 26.3 Å². The maximum Gasteiger partial charge on any atom is 0.416 e. The van der Waals surface area contributed by atoms with Gasteiger partial charge in [-0.05, 0) is 53.6 Å². The molecule has 0 aliphatic carbocycles. The minimum absolute atomic E-state index is 0.118. The lowest BCUT2D eigenvalue weighted by molar-refractivity contribution is -0.143. The smallest absolute Gasteiger partial charge is 0.354 e. The molecule has 0 atom stereocenters. The molecular formula is C26H30F6N2. The standard InChI is InChI=1S/C26H30F6N2/c1-16(2)14-34(15-17(3)4)10-9-22-21-7-5-6-8-23(21)33-24(22)18-11-19(25(27,28)29)13-20(12-18)26(30,31)32/h5-8,11-13,16-17,33H,9-10,14-15H2,1-4H3. The lowest BCUT2D eigenvalue weighted by Crippen LogP contribution is -2.33. The van der Waals surface area contributed by atoms with E-state index in [1.807, 2.05) is 12.1 Å². The Bertz CT molecular complexity index is 1070. The van der Waals surface area contributed by atoms with Gasteiger partial charge in [0, 0.05) is 36.2 Å². The van der Waals surface area contributed by atoms with Crippen LogP contribution in [0.25, 0.3) is 22.2 Å². The lowest BCUT2D eigenvalue weighted by Gasteiger charge is -2.26. The van der Waals surface area contributed by atoms with Gasteiger partial charge in [-0.25, -0.2) is 0 Å². The van der Waals surface area contributed by atoms with Crippen LogP contribution in [0.2, 0.25) is 0 Å². The van der Waals surface area contributed by atoms with Crippen molar-refractivity contribution < 1.29 is 26.3 Å². The number of nitrogens with one attached hydrogen (secondary N) is 1. The number of para-hydroxylation sites is 1.